The highest BCUT2D eigenvalue weighted by Gasteiger charge is 2.18. The van der Waals surface area contributed by atoms with Gasteiger partial charge in [0.25, 0.3) is 0 Å². The molecular weight excluding hydrogens is 328 g/mol. The zero-order valence-electron chi connectivity index (χ0n) is 8.25. The molecule has 3 nitrogen and oxygen atoms in total. The van der Waals surface area contributed by atoms with E-state index in [0.717, 1.165) is 8.47 Å². The van der Waals surface area contributed by atoms with Crippen molar-refractivity contribution >= 4 is 51.7 Å². The van der Waals surface area contributed by atoms with Crippen LogP contribution in [-0.4, -0.2) is 11.8 Å². The summed E-state index contributed by atoms with van der Waals surface area (Å²) in [6.45, 7) is 2.66. The molecule has 2 amide bonds. The molecule has 1 aromatic carbocycles. The fraction of sp³-hybridized carbons (Fsp3) is 0.200. The third-order valence-corrected chi connectivity index (χ3v) is 2.77. The van der Waals surface area contributed by atoms with Gasteiger partial charge < -0.3 is 0 Å². The van der Waals surface area contributed by atoms with Crippen LogP contribution in [0.5, 0.6) is 0 Å². The first-order valence-electron chi connectivity index (χ1n) is 4.20. The average Bonchev–Trinajstić information content (AvgIpc) is 2.10. The number of rotatable bonds is 1. The molecule has 80 valence electrons. The highest BCUT2D eigenvalue weighted by atomic mass is 127. The Morgan fingerprint density at radius 2 is 1.80 bits per heavy atom. The van der Waals surface area contributed by atoms with Gasteiger partial charge in [-0.25, -0.2) is 4.90 Å². The summed E-state index contributed by atoms with van der Waals surface area (Å²) in [5.74, 6) is -0.683. The minimum absolute atomic E-state index is 0.341. The van der Waals surface area contributed by atoms with Gasteiger partial charge in [-0.3, -0.25) is 9.59 Å². The van der Waals surface area contributed by atoms with Crippen LogP contribution in [-0.2, 0) is 9.59 Å². The molecule has 0 aliphatic carbocycles. The second-order valence-corrected chi connectivity index (χ2v) is 4.62. The SMILES string of the molecule is CC(=O)N(C(C)=O)c1cc(I)ccc1Cl. The highest BCUT2D eigenvalue weighted by Crippen LogP contribution is 2.27. The quantitative estimate of drug-likeness (QED) is 0.739. The van der Waals surface area contributed by atoms with Gasteiger partial charge in [-0.1, -0.05) is 11.6 Å². The molecule has 1 aromatic rings. The van der Waals surface area contributed by atoms with Gasteiger partial charge in [-0.05, 0) is 40.8 Å². The third-order valence-electron chi connectivity index (χ3n) is 1.78. The van der Waals surface area contributed by atoms with Crippen LogP contribution in [0.1, 0.15) is 13.8 Å². The van der Waals surface area contributed by atoms with Gasteiger partial charge >= 0.3 is 0 Å². The zero-order chi connectivity index (χ0) is 11.6. The first-order valence-corrected chi connectivity index (χ1v) is 5.65. The van der Waals surface area contributed by atoms with Crippen molar-refractivity contribution in [1.29, 1.82) is 0 Å². The number of anilines is 1. The highest BCUT2D eigenvalue weighted by molar-refractivity contribution is 14.1. The van der Waals surface area contributed by atoms with Gasteiger partial charge in [0.05, 0.1) is 10.7 Å². The van der Waals surface area contributed by atoms with Crippen LogP contribution in [0.4, 0.5) is 5.69 Å². The monoisotopic (exact) mass is 337 g/mol. The molecule has 15 heavy (non-hydrogen) atoms. The lowest BCUT2D eigenvalue weighted by atomic mass is 10.3. The summed E-state index contributed by atoms with van der Waals surface area (Å²) in [5.41, 5.74) is 0.434. The van der Waals surface area contributed by atoms with E-state index < -0.39 is 0 Å². The molecule has 0 N–H and O–H groups in total. The van der Waals surface area contributed by atoms with Gasteiger partial charge in [-0.2, -0.15) is 0 Å². The largest absolute Gasteiger partial charge is 0.274 e. The molecule has 0 aromatic heterocycles. The van der Waals surface area contributed by atoms with E-state index in [2.05, 4.69) is 22.6 Å². The number of nitrogens with zero attached hydrogens (tertiary/aromatic N) is 1. The Morgan fingerprint density at radius 1 is 1.27 bits per heavy atom. The van der Waals surface area contributed by atoms with Gasteiger partial charge in [0.15, 0.2) is 0 Å². The standard InChI is InChI=1S/C10H9ClINO2/c1-6(14)13(7(2)15)10-5-8(12)3-4-9(10)11/h3-5H,1-2H3. The zero-order valence-corrected chi connectivity index (χ0v) is 11.2. The molecule has 0 saturated heterocycles. The van der Waals surface area contributed by atoms with Crippen molar-refractivity contribution in [2.75, 3.05) is 4.90 Å². The molecule has 1 rings (SSSR count). The van der Waals surface area contributed by atoms with E-state index in [1.165, 1.54) is 13.8 Å². The summed E-state index contributed by atoms with van der Waals surface area (Å²) < 4.78 is 0.916. The lowest BCUT2D eigenvalue weighted by Crippen LogP contribution is -2.33. The Labute approximate surface area is 107 Å². The van der Waals surface area contributed by atoms with E-state index in [1.807, 2.05) is 6.07 Å². The lowest BCUT2D eigenvalue weighted by Gasteiger charge is -2.18. The summed E-state index contributed by atoms with van der Waals surface area (Å²) in [6, 6.07) is 5.17. The number of imide groups is 1. The number of carbonyl (C=O) groups excluding carboxylic acids is 2. The van der Waals surface area contributed by atoms with Crippen molar-refractivity contribution in [2.24, 2.45) is 0 Å². The van der Waals surface area contributed by atoms with E-state index >= 15 is 0 Å². The van der Waals surface area contributed by atoms with Crippen LogP contribution in [0.15, 0.2) is 18.2 Å². The number of halogens is 2. The summed E-state index contributed by atoms with van der Waals surface area (Å²) in [5, 5.41) is 0.390. The van der Waals surface area contributed by atoms with Crippen molar-refractivity contribution in [1.82, 2.24) is 0 Å². The Kier molecular flexibility index (Phi) is 4.10. The molecule has 0 unspecified atom stereocenters. The summed E-state index contributed by atoms with van der Waals surface area (Å²) >= 11 is 8.02. The van der Waals surface area contributed by atoms with Crippen LogP contribution >= 0.6 is 34.2 Å². The molecule has 0 heterocycles. The number of hydrogen-bond donors (Lipinski definition) is 0. The maximum Gasteiger partial charge on any atom is 0.230 e. The summed E-state index contributed by atoms with van der Waals surface area (Å²) in [4.78, 5) is 23.6. The van der Waals surface area contributed by atoms with E-state index in [0.29, 0.717) is 10.7 Å². The topological polar surface area (TPSA) is 37.4 Å². The van der Waals surface area contributed by atoms with E-state index in [-0.39, 0.29) is 11.8 Å². The molecule has 5 heteroatoms. The maximum atomic E-state index is 11.3. The van der Waals surface area contributed by atoms with Crippen molar-refractivity contribution in [3.8, 4) is 0 Å². The number of carbonyl (C=O) groups is 2. The smallest absolute Gasteiger partial charge is 0.230 e. The molecular formula is C10H9ClINO2. The predicted octanol–water partition coefficient (Wildman–Crippen LogP) is 2.84. The van der Waals surface area contributed by atoms with Gasteiger partial charge in [0.2, 0.25) is 11.8 Å². The van der Waals surface area contributed by atoms with Crippen molar-refractivity contribution in [3.63, 3.8) is 0 Å². The predicted molar refractivity (Wildman–Crippen MR) is 68.0 cm³/mol. The fourth-order valence-corrected chi connectivity index (χ4v) is 1.89. The van der Waals surface area contributed by atoms with Crippen LogP contribution < -0.4 is 4.90 Å². The van der Waals surface area contributed by atoms with Crippen LogP contribution in [0.2, 0.25) is 5.02 Å². The Hall–Kier alpha value is -0.620. The molecule has 0 spiro atoms. The van der Waals surface area contributed by atoms with E-state index in [1.54, 1.807) is 12.1 Å². The molecule has 0 aliphatic rings. The molecule has 0 saturated carbocycles. The first kappa shape index (κ1) is 12.4. The van der Waals surface area contributed by atoms with Crippen molar-refractivity contribution in [2.45, 2.75) is 13.8 Å². The fourth-order valence-electron chi connectivity index (χ4n) is 1.22. The molecule has 0 aliphatic heterocycles. The number of benzene rings is 1. The van der Waals surface area contributed by atoms with Crippen LogP contribution in [0.25, 0.3) is 0 Å². The third kappa shape index (κ3) is 2.92. The second kappa shape index (κ2) is 4.94. The van der Waals surface area contributed by atoms with Gasteiger partial charge in [0, 0.05) is 17.4 Å². The Bertz CT molecular complexity index is 406. The molecule has 0 bridgehead atoms. The number of amides is 2. The summed E-state index contributed by atoms with van der Waals surface area (Å²) in [6.07, 6.45) is 0. The normalized spacial score (nSPS) is 9.87. The maximum absolute atomic E-state index is 11.3. The number of hydrogen-bond acceptors (Lipinski definition) is 2. The first-order chi connectivity index (χ1) is 6.93. The van der Waals surface area contributed by atoms with Crippen LogP contribution in [0.3, 0.4) is 0 Å². The lowest BCUT2D eigenvalue weighted by molar-refractivity contribution is -0.124. The minimum atomic E-state index is -0.341. The minimum Gasteiger partial charge on any atom is -0.274 e. The second-order valence-electron chi connectivity index (χ2n) is 2.97. The molecule has 0 radical (unpaired) electrons. The average molecular weight is 338 g/mol. The van der Waals surface area contributed by atoms with Crippen molar-refractivity contribution in [3.05, 3.63) is 26.8 Å². The van der Waals surface area contributed by atoms with E-state index in [9.17, 15) is 9.59 Å². The van der Waals surface area contributed by atoms with Crippen LogP contribution in [0, 0.1) is 3.57 Å². The van der Waals surface area contributed by atoms with E-state index in [4.69, 9.17) is 11.6 Å². The molecule has 0 fully saturated rings. The Balaban J connectivity index is 3.28. The van der Waals surface area contributed by atoms with Crippen molar-refractivity contribution < 1.29 is 9.59 Å². The Morgan fingerprint density at radius 3 is 2.27 bits per heavy atom. The molecule has 0 atom stereocenters. The van der Waals surface area contributed by atoms with Gasteiger partial charge in [0.1, 0.15) is 0 Å². The summed E-state index contributed by atoms with van der Waals surface area (Å²) in [7, 11) is 0. The van der Waals surface area contributed by atoms with Gasteiger partial charge in [-0.15, -0.1) is 0 Å².